The van der Waals surface area contributed by atoms with Crippen LogP contribution in [0, 0.1) is 0 Å². The van der Waals surface area contributed by atoms with Crippen molar-refractivity contribution in [2.75, 3.05) is 5.75 Å². The molecule has 0 saturated heterocycles. The van der Waals surface area contributed by atoms with Crippen molar-refractivity contribution in [3.05, 3.63) is 0 Å². The number of hydrogen-bond acceptors (Lipinski definition) is 5. The van der Waals surface area contributed by atoms with Crippen molar-refractivity contribution >= 4 is 34.3 Å². The molecule has 6 heteroatoms. The van der Waals surface area contributed by atoms with E-state index in [2.05, 4.69) is 0 Å². The number of hydrogen-bond donors (Lipinski definition) is 0. The zero-order chi connectivity index (χ0) is 9.56. The normalized spacial score (nSPS) is 11.2. The summed E-state index contributed by atoms with van der Waals surface area (Å²) in [6.07, 6.45) is -0.538. The number of thiocarbonyl (C=S) groups is 1. The first-order valence-electron chi connectivity index (χ1n) is 3.66. The summed E-state index contributed by atoms with van der Waals surface area (Å²) < 4.78 is 5.21. The predicted octanol–water partition coefficient (Wildman–Crippen LogP) is -2.43. The molecule has 0 spiro atoms. The fourth-order valence-corrected chi connectivity index (χ4v) is 1.46. The quantitative estimate of drug-likeness (QED) is 0.397. The van der Waals surface area contributed by atoms with Gasteiger partial charge in [0.05, 0.1) is 5.97 Å². The molecule has 0 saturated carbocycles. The molecular formula is C7H11NaO3S2. The van der Waals surface area contributed by atoms with E-state index in [1.165, 1.54) is 11.8 Å². The third-order valence-corrected chi connectivity index (χ3v) is 2.20. The van der Waals surface area contributed by atoms with Crippen molar-refractivity contribution in [3.63, 3.8) is 0 Å². The SMILES string of the molecule is CCSC(=S)O[C@H](CC)C(=O)[O-].[Na+]. The number of carboxylic acid groups (broad SMARTS) is 1. The van der Waals surface area contributed by atoms with Crippen molar-refractivity contribution in [1.29, 1.82) is 0 Å². The van der Waals surface area contributed by atoms with Gasteiger partial charge in [0, 0.05) is 0 Å². The molecule has 0 unspecified atom stereocenters. The molecule has 0 aromatic heterocycles. The Kier molecular flexibility index (Phi) is 11.5. The maximum absolute atomic E-state index is 10.4. The number of ether oxygens (including phenoxy) is 1. The molecular weight excluding hydrogens is 219 g/mol. The first kappa shape index (κ1) is 16.2. The Balaban J connectivity index is 0. The Morgan fingerprint density at radius 2 is 2.15 bits per heavy atom. The Hall–Kier alpha value is 0.710. The second kappa shape index (κ2) is 9.27. The average Bonchev–Trinajstić information content (AvgIpc) is 2.00. The average molecular weight is 230 g/mol. The van der Waals surface area contributed by atoms with Crippen LogP contribution < -0.4 is 34.7 Å². The van der Waals surface area contributed by atoms with Gasteiger partial charge < -0.3 is 14.6 Å². The Morgan fingerprint density at radius 3 is 2.46 bits per heavy atom. The minimum atomic E-state index is -1.21. The van der Waals surface area contributed by atoms with E-state index >= 15 is 0 Å². The molecule has 0 radical (unpaired) electrons. The number of carboxylic acids is 1. The van der Waals surface area contributed by atoms with E-state index in [9.17, 15) is 9.90 Å². The van der Waals surface area contributed by atoms with Crippen LogP contribution >= 0.6 is 24.0 Å². The summed E-state index contributed by atoms with van der Waals surface area (Å²) >= 11 is 6.08. The molecule has 0 aromatic rings. The molecule has 0 rings (SSSR count). The van der Waals surface area contributed by atoms with Crippen LogP contribution in [0.15, 0.2) is 0 Å². The molecule has 0 aliphatic heterocycles. The smallest absolute Gasteiger partial charge is 0.546 e. The van der Waals surface area contributed by atoms with Gasteiger partial charge in [-0.3, -0.25) is 0 Å². The Bertz CT molecular complexity index is 175. The van der Waals surface area contributed by atoms with E-state index in [0.29, 0.717) is 6.42 Å². The van der Waals surface area contributed by atoms with Gasteiger partial charge in [0.15, 0.2) is 0 Å². The van der Waals surface area contributed by atoms with Crippen LogP contribution in [-0.4, -0.2) is 22.2 Å². The molecule has 1 atom stereocenters. The Labute approximate surface area is 110 Å². The largest absolute Gasteiger partial charge is 1.00 e. The van der Waals surface area contributed by atoms with E-state index < -0.39 is 12.1 Å². The van der Waals surface area contributed by atoms with E-state index in [1.54, 1.807) is 6.92 Å². The fourth-order valence-electron chi connectivity index (χ4n) is 0.566. The summed E-state index contributed by atoms with van der Waals surface area (Å²) in [6, 6.07) is 0. The van der Waals surface area contributed by atoms with Crippen LogP contribution in [0.4, 0.5) is 0 Å². The third kappa shape index (κ3) is 7.76. The van der Waals surface area contributed by atoms with E-state index in [-0.39, 0.29) is 33.9 Å². The fraction of sp³-hybridized carbons (Fsp3) is 0.714. The molecule has 0 N–H and O–H groups in total. The van der Waals surface area contributed by atoms with Crippen LogP contribution in [0.5, 0.6) is 0 Å². The summed E-state index contributed by atoms with van der Waals surface area (Å²) in [5.74, 6) is -0.431. The predicted molar refractivity (Wildman–Crippen MR) is 50.9 cm³/mol. The maximum Gasteiger partial charge on any atom is 1.00 e. The number of thioether (sulfide) groups is 1. The maximum atomic E-state index is 10.4. The van der Waals surface area contributed by atoms with Gasteiger partial charge in [0.2, 0.25) is 4.38 Å². The van der Waals surface area contributed by atoms with Crippen molar-refractivity contribution in [3.8, 4) is 0 Å². The topological polar surface area (TPSA) is 49.4 Å². The molecule has 0 heterocycles. The van der Waals surface area contributed by atoms with E-state index in [1.807, 2.05) is 6.92 Å². The molecule has 3 nitrogen and oxygen atoms in total. The van der Waals surface area contributed by atoms with Crippen molar-refractivity contribution in [1.82, 2.24) is 0 Å². The van der Waals surface area contributed by atoms with Gasteiger partial charge >= 0.3 is 29.6 Å². The van der Waals surface area contributed by atoms with Gasteiger partial charge in [0.25, 0.3) is 0 Å². The van der Waals surface area contributed by atoms with Crippen LogP contribution in [-0.2, 0) is 9.53 Å². The first-order chi connectivity index (χ1) is 5.61. The van der Waals surface area contributed by atoms with Gasteiger partial charge in [-0.25, -0.2) is 0 Å². The monoisotopic (exact) mass is 230 g/mol. The van der Waals surface area contributed by atoms with Crippen LogP contribution in [0.1, 0.15) is 20.3 Å². The molecule has 70 valence electrons. The van der Waals surface area contributed by atoms with E-state index in [0.717, 1.165) is 5.75 Å². The third-order valence-electron chi connectivity index (χ3n) is 1.13. The summed E-state index contributed by atoms with van der Waals surface area (Å²) in [6.45, 7) is 3.62. The van der Waals surface area contributed by atoms with Gasteiger partial charge in [-0.2, -0.15) is 0 Å². The van der Waals surface area contributed by atoms with Gasteiger partial charge in [-0.1, -0.05) is 25.6 Å². The molecule has 0 aliphatic carbocycles. The number of aliphatic carboxylic acids is 1. The van der Waals surface area contributed by atoms with Gasteiger partial charge in [0.1, 0.15) is 6.10 Å². The number of rotatable bonds is 4. The van der Waals surface area contributed by atoms with Gasteiger partial charge in [-0.15, -0.1) is 0 Å². The van der Waals surface area contributed by atoms with Crippen molar-refractivity contribution < 1.29 is 44.2 Å². The number of carbonyl (C=O) groups is 1. The Morgan fingerprint density at radius 1 is 1.62 bits per heavy atom. The van der Waals surface area contributed by atoms with Crippen molar-refractivity contribution in [2.24, 2.45) is 0 Å². The second-order valence-corrected chi connectivity index (χ2v) is 3.88. The number of carbonyl (C=O) groups excluding carboxylic acids is 1. The zero-order valence-electron chi connectivity index (χ0n) is 8.03. The minimum absolute atomic E-state index is 0. The molecule has 13 heavy (non-hydrogen) atoms. The van der Waals surface area contributed by atoms with E-state index in [4.69, 9.17) is 17.0 Å². The van der Waals surface area contributed by atoms with Crippen LogP contribution in [0.3, 0.4) is 0 Å². The zero-order valence-corrected chi connectivity index (χ0v) is 11.7. The molecule has 0 aromatic carbocycles. The summed E-state index contributed by atoms with van der Waals surface area (Å²) in [5, 5.41) is 10.4. The summed E-state index contributed by atoms with van der Waals surface area (Å²) in [7, 11) is 0. The minimum Gasteiger partial charge on any atom is -0.546 e. The summed E-state index contributed by atoms with van der Waals surface area (Å²) in [4.78, 5) is 10.4. The van der Waals surface area contributed by atoms with Gasteiger partial charge in [-0.05, 0) is 24.4 Å². The molecule has 0 fully saturated rings. The summed E-state index contributed by atoms with van der Waals surface area (Å²) in [5.41, 5.74) is 0. The van der Waals surface area contributed by atoms with Crippen molar-refractivity contribution in [2.45, 2.75) is 26.4 Å². The van der Waals surface area contributed by atoms with Crippen LogP contribution in [0.2, 0.25) is 0 Å². The standard InChI is InChI=1S/C7H12O3S2.Na/c1-3-5(6(8)9)10-7(11)12-4-2;/h5H,3-4H2,1-2H3,(H,8,9);/q;+1/p-1/t5-;/m1./s1. The molecule has 0 bridgehead atoms. The van der Waals surface area contributed by atoms with Crippen LogP contribution in [0.25, 0.3) is 0 Å². The molecule has 0 amide bonds. The first-order valence-corrected chi connectivity index (χ1v) is 5.05. The molecule has 0 aliphatic rings. The second-order valence-electron chi connectivity index (χ2n) is 2.02.